The first-order valence-electron chi connectivity index (χ1n) is 17.8. The minimum atomic E-state index is -4.78. The van der Waals surface area contributed by atoms with Crippen molar-refractivity contribution in [1.82, 2.24) is 14.8 Å². The molecule has 274 valence electrons. The lowest BCUT2D eigenvalue weighted by Crippen LogP contribution is -2.40. The Kier molecular flexibility index (Phi) is 10.6. The number of carbonyl (C=O) groups excluding carboxylic acids is 1. The van der Waals surface area contributed by atoms with Crippen LogP contribution in [0.15, 0.2) is 41.3 Å². The molecule has 3 aliphatic rings. The van der Waals surface area contributed by atoms with Crippen LogP contribution in [0.3, 0.4) is 0 Å². The van der Waals surface area contributed by atoms with Crippen molar-refractivity contribution in [2.24, 2.45) is 0 Å². The summed E-state index contributed by atoms with van der Waals surface area (Å²) in [5, 5.41) is 12.7. The first-order chi connectivity index (χ1) is 24.2. The SMILES string of the molecule is Cc1cc(C2CC2)cc2c1-c1cc(C3CC3)c(F)c(c1)[C@H](CC(=O)O)NC(=O)[C@@H](n1cc(CCN(C)C)c(C(F)(F)F)cc1=O)CCCCCO2. The maximum Gasteiger partial charge on any atom is 0.416 e. The van der Waals surface area contributed by atoms with E-state index in [9.17, 15) is 32.7 Å². The van der Waals surface area contributed by atoms with Crippen molar-refractivity contribution in [3.05, 3.63) is 86.1 Å². The summed E-state index contributed by atoms with van der Waals surface area (Å²) in [5.41, 5.74) is 1.81. The molecular formula is C39H45F4N3O5. The van der Waals surface area contributed by atoms with Gasteiger partial charge in [0.2, 0.25) is 5.91 Å². The second-order valence-corrected chi connectivity index (χ2v) is 14.6. The van der Waals surface area contributed by atoms with E-state index >= 15 is 4.39 Å². The summed E-state index contributed by atoms with van der Waals surface area (Å²) in [7, 11) is 3.44. The number of fused-ring (bicyclic) bond motifs is 4. The van der Waals surface area contributed by atoms with Gasteiger partial charge in [0.15, 0.2) is 0 Å². The molecule has 8 nitrogen and oxygen atoms in total. The molecule has 0 saturated heterocycles. The number of aromatic nitrogens is 1. The van der Waals surface area contributed by atoms with Crippen molar-refractivity contribution in [3.63, 3.8) is 0 Å². The third kappa shape index (κ3) is 8.48. The van der Waals surface area contributed by atoms with E-state index in [1.807, 2.05) is 6.92 Å². The monoisotopic (exact) mass is 711 g/mol. The number of rotatable bonds is 8. The summed E-state index contributed by atoms with van der Waals surface area (Å²) in [6.07, 6.45) is 1.09. The van der Waals surface area contributed by atoms with Gasteiger partial charge in [-0.3, -0.25) is 14.4 Å². The molecule has 2 aromatic carbocycles. The van der Waals surface area contributed by atoms with Gasteiger partial charge in [-0.15, -0.1) is 0 Å². The summed E-state index contributed by atoms with van der Waals surface area (Å²) < 4.78 is 66.1. The predicted octanol–water partition coefficient (Wildman–Crippen LogP) is 7.67. The van der Waals surface area contributed by atoms with Crippen molar-refractivity contribution in [1.29, 1.82) is 0 Å². The number of nitrogens with zero attached hydrogens (tertiary/aromatic N) is 2. The Morgan fingerprint density at radius 1 is 0.980 bits per heavy atom. The molecule has 2 heterocycles. The van der Waals surface area contributed by atoms with Crippen molar-refractivity contribution in [2.75, 3.05) is 27.2 Å². The number of aliphatic carboxylic acids is 1. The smallest absolute Gasteiger partial charge is 0.416 e. The van der Waals surface area contributed by atoms with Gasteiger partial charge < -0.3 is 24.6 Å². The number of amides is 1. The van der Waals surface area contributed by atoms with Gasteiger partial charge in [-0.2, -0.15) is 13.2 Å². The Balaban J connectivity index is 1.46. The Bertz CT molecular complexity index is 1860. The molecular weight excluding hydrogens is 666 g/mol. The zero-order valence-electron chi connectivity index (χ0n) is 29.2. The van der Waals surface area contributed by atoms with Gasteiger partial charge >= 0.3 is 12.1 Å². The fourth-order valence-corrected chi connectivity index (χ4v) is 7.20. The van der Waals surface area contributed by atoms with Crippen LogP contribution in [0.1, 0.15) is 115 Å². The lowest BCUT2D eigenvalue weighted by molar-refractivity contribution is -0.139. The fourth-order valence-electron chi connectivity index (χ4n) is 7.20. The Labute approximate surface area is 294 Å². The highest BCUT2D eigenvalue weighted by atomic mass is 19.4. The summed E-state index contributed by atoms with van der Waals surface area (Å²) in [6, 6.07) is 5.50. The lowest BCUT2D eigenvalue weighted by Gasteiger charge is -2.26. The molecule has 0 unspecified atom stereocenters. The number of ether oxygens (including phenoxy) is 1. The van der Waals surface area contributed by atoms with Crippen LogP contribution >= 0.6 is 0 Å². The van der Waals surface area contributed by atoms with Gasteiger partial charge in [-0.1, -0.05) is 12.5 Å². The number of carboxylic acids is 1. The van der Waals surface area contributed by atoms with Crippen molar-refractivity contribution in [2.45, 2.75) is 101 Å². The number of pyridine rings is 1. The Morgan fingerprint density at radius 3 is 2.33 bits per heavy atom. The largest absolute Gasteiger partial charge is 0.493 e. The zero-order valence-corrected chi connectivity index (χ0v) is 29.2. The number of alkyl halides is 3. The predicted molar refractivity (Wildman–Crippen MR) is 185 cm³/mol. The minimum absolute atomic E-state index is 0.00169. The third-order valence-corrected chi connectivity index (χ3v) is 10.2. The van der Waals surface area contributed by atoms with Crippen LogP contribution in [0, 0.1) is 12.7 Å². The Morgan fingerprint density at radius 2 is 1.69 bits per heavy atom. The van der Waals surface area contributed by atoms with E-state index in [1.54, 1.807) is 31.1 Å². The van der Waals surface area contributed by atoms with Gasteiger partial charge in [0, 0.05) is 29.9 Å². The minimum Gasteiger partial charge on any atom is -0.493 e. The van der Waals surface area contributed by atoms with Crippen LogP contribution in [0.25, 0.3) is 11.1 Å². The highest BCUT2D eigenvalue weighted by Gasteiger charge is 2.37. The van der Waals surface area contributed by atoms with Crippen LogP contribution in [-0.4, -0.2) is 53.7 Å². The van der Waals surface area contributed by atoms with Gasteiger partial charge in [0.1, 0.15) is 17.6 Å². The van der Waals surface area contributed by atoms with Crippen LogP contribution in [0.5, 0.6) is 5.75 Å². The van der Waals surface area contributed by atoms with Crippen LogP contribution in [0.2, 0.25) is 0 Å². The van der Waals surface area contributed by atoms with Crippen LogP contribution < -0.4 is 15.6 Å². The molecule has 0 spiro atoms. The van der Waals surface area contributed by atoms with Crippen molar-refractivity contribution >= 4 is 11.9 Å². The van der Waals surface area contributed by atoms with Gasteiger partial charge in [0.05, 0.1) is 24.6 Å². The summed E-state index contributed by atoms with van der Waals surface area (Å²) in [6.45, 7) is 2.61. The van der Waals surface area contributed by atoms with E-state index in [0.717, 1.165) is 47.6 Å². The van der Waals surface area contributed by atoms with E-state index in [-0.39, 0.29) is 36.4 Å². The second-order valence-electron chi connectivity index (χ2n) is 14.6. The van der Waals surface area contributed by atoms with Crippen molar-refractivity contribution < 1.29 is 37.0 Å². The molecule has 6 rings (SSSR count). The quantitative estimate of drug-likeness (QED) is 0.233. The third-order valence-electron chi connectivity index (χ3n) is 10.2. The molecule has 2 fully saturated rings. The number of hydrogen-bond donors (Lipinski definition) is 2. The number of halogens is 4. The van der Waals surface area contributed by atoms with Gasteiger partial charge in [-0.25, -0.2) is 4.39 Å². The first-order valence-corrected chi connectivity index (χ1v) is 17.8. The summed E-state index contributed by atoms with van der Waals surface area (Å²) in [5.74, 6) is -1.56. The second kappa shape index (κ2) is 14.8. The highest BCUT2D eigenvalue weighted by molar-refractivity contribution is 5.82. The number of carbonyl (C=O) groups is 2. The number of hydrogen-bond acceptors (Lipinski definition) is 5. The molecule has 3 aromatic rings. The van der Waals surface area contributed by atoms with E-state index in [4.69, 9.17) is 4.74 Å². The topological polar surface area (TPSA) is 101 Å². The van der Waals surface area contributed by atoms with Gasteiger partial charge in [-0.05, 0) is 130 Å². The zero-order chi connectivity index (χ0) is 36.6. The molecule has 12 heteroatoms. The molecule has 1 aromatic heterocycles. The molecule has 51 heavy (non-hydrogen) atoms. The standard InChI is InChI=1S/C39H45F4N3O5/c1-22-15-26(23-8-9-23)18-33-36(22)27-16-28(24-10-11-24)37(40)29(17-27)31(20-35(48)49)44-38(50)32(7-5-4-6-14-51-33)46-21-25(12-13-45(2)3)30(19-34(46)47)39(41,42)43/h15-19,21,23-24,31-32H,4-14,20H2,1-3H3,(H,44,50)(H,48,49)/t31-,32-/m0/s1. The maximum absolute atomic E-state index is 16.5. The average Bonchev–Trinajstić information content (AvgIpc) is 3.97. The molecule has 2 bridgehead atoms. The molecule has 2 N–H and O–H groups in total. The number of aryl methyl sites for hydroxylation is 1. The van der Waals surface area contributed by atoms with Crippen LogP contribution in [-0.2, 0) is 22.2 Å². The summed E-state index contributed by atoms with van der Waals surface area (Å²) >= 11 is 0. The molecule has 2 atom stereocenters. The number of nitrogens with one attached hydrogen (secondary N) is 1. The number of likely N-dealkylation sites (N-methyl/N-ethyl adjacent to an activating group) is 1. The van der Waals surface area contributed by atoms with E-state index < -0.39 is 53.5 Å². The normalized spacial score (nSPS) is 20.2. The van der Waals surface area contributed by atoms with E-state index in [2.05, 4.69) is 17.4 Å². The number of benzene rings is 2. The molecule has 1 aliphatic heterocycles. The molecule has 2 saturated carbocycles. The van der Waals surface area contributed by atoms with E-state index in [0.29, 0.717) is 54.7 Å². The molecule has 2 aliphatic carbocycles. The first kappa shape index (κ1) is 36.6. The number of carboxylic acid groups (broad SMARTS) is 1. The van der Waals surface area contributed by atoms with Crippen LogP contribution in [0.4, 0.5) is 17.6 Å². The van der Waals surface area contributed by atoms with Gasteiger partial charge in [0.25, 0.3) is 5.56 Å². The Hall–Kier alpha value is -4.19. The lowest BCUT2D eigenvalue weighted by atomic mass is 9.89. The molecule has 1 amide bonds. The fraction of sp³-hybridized carbons (Fsp3) is 0.513. The maximum atomic E-state index is 16.5. The highest BCUT2D eigenvalue weighted by Crippen LogP contribution is 2.48. The van der Waals surface area contributed by atoms with E-state index in [1.165, 1.54) is 5.56 Å². The summed E-state index contributed by atoms with van der Waals surface area (Å²) in [4.78, 5) is 41.5. The van der Waals surface area contributed by atoms with Crippen molar-refractivity contribution in [3.8, 4) is 16.9 Å². The average molecular weight is 712 g/mol. The molecule has 0 radical (unpaired) electrons.